The van der Waals surface area contributed by atoms with Gasteiger partial charge in [0.05, 0.1) is 0 Å². The third-order valence-electron chi connectivity index (χ3n) is 7.88. The summed E-state index contributed by atoms with van der Waals surface area (Å²) in [5.41, 5.74) is 6.96. The predicted octanol–water partition coefficient (Wildman–Crippen LogP) is 9.81. The van der Waals surface area contributed by atoms with Crippen LogP contribution in [0.3, 0.4) is 0 Å². The Bertz CT molecular complexity index is 2220. The number of phenols is 1. The molecule has 0 aliphatic rings. The average molecular weight is 568 g/mol. The number of nitrogens with zero attached hydrogens (tertiary/aromatic N) is 3. The summed E-state index contributed by atoms with van der Waals surface area (Å²) in [5.74, 6) is 1.72. The maximum absolute atomic E-state index is 12.1. The molecular weight excluding hydrogens is 542 g/mol. The van der Waals surface area contributed by atoms with E-state index < -0.39 is 0 Å². The molecule has 6 aromatic carbocycles. The van der Waals surface area contributed by atoms with Crippen molar-refractivity contribution < 1.29 is 9.52 Å². The van der Waals surface area contributed by atoms with Gasteiger partial charge in [-0.3, -0.25) is 0 Å². The number of furan rings is 1. The highest BCUT2D eigenvalue weighted by molar-refractivity contribution is 6.10. The topological polar surface area (TPSA) is 72.0 Å². The number of phenolic OH excluding ortho intramolecular Hbond substituents is 1. The highest BCUT2D eigenvalue weighted by Crippen LogP contribution is 2.46. The van der Waals surface area contributed by atoms with Crippen molar-refractivity contribution in [2.24, 2.45) is 0 Å². The summed E-state index contributed by atoms with van der Waals surface area (Å²) in [6.07, 6.45) is 0. The number of hydrogen-bond donors (Lipinski definition) is 1. The summed E-state index contributed by atoms with van der Waals surface area (Å²) < 4.78 is 6.34. The van der Waals surface area contributed by atoms with E-state index in [0.29, 0.717) is 34.2 Å². The molecular formula is C39H25N3O2. The average Bonchev–Trinajstić information content (AvgIpc) is 3.48. The summed E-state index contributed by atoms with van der Waals surface area (Å²) >= 11 is 0. The molecule has 0 aliphatic heterocycles. The molecule has 0 radical (unpaired) electrons. The molecule has 0 bridgehead atoms. The Morgan fingerprint density at radius 1 is 0.409 bits per heavy atom. The minimum Gasteiger partial charge on any atom is -0.507 e. The zero-order valence-corrected chi connectivity index (χ0v) is 23.6. The quantitative estimate of drug-likeness (QED) is 0.224. The van der Waals surface area contributed by atoms with E-state index in [9.17, 15) is 5.11 Å². The molecule has 0 spiro atoms. The minimum atomic E-state index is 0.129. The molecule has 5 nitrogen and oxygen atoms in total. The molecule has 208 valence electrons. The van der Waals surface area contributed by atoms with Crippen molar-refractivity contribution in [3.63, 3.8) is 0 Å². The van der Waals surface area contributed by atoms with Crippen LogP contribution in [-0.4, -0.2) is 20.1 Å². The molecule has 2 heterocycles. The molecule has 0 saturated heterocycles. The molecule has 0 unspecified atom stereocenters. The highest BCUT2D eigenvalue weighted by atomic mass is 16.3. The predicted molar refractivity (Wildman–Crippen MR) is 176 cm³/mol. The smallest absolute Gasteiger partial charge is 0.164 e. The fourth-order valence-electron chi connectivity index (χ4n) is 5.78. The lowest BCUT2D eigenvalue weighted by molar-refractivity contribution is 0.479. The monoisotopic (exact) mass is 567 g/mol. The fraction of sp³-hybridized carbons (Fsp3) is 0. The van der Waals surface area contributed by atoms with Gasteiger partial charge in [-0.15, -0.1) is 0 Å². The zero-order chi connectivity index (χ0) is 29.5. The first-order chi connectivity index (χ1) is 21.7. The third-order valence-corrected chi connectivity index (χ3v) is 7.88. The van der Waals surface area contributed by atoms with Gasteiger partial charge >= 0.3 is 0 Å². The second kappa shape index (κ2) is 10.6. The van der Waals surface area contributed by atoms with E-state index in [-0.39, 0.29) is 5.75 Å². The number of benzene rings is 6. The molecule has 5 heteroatoms. The van der Waals surface area contributed by atoms with Gasteiger partial charge in [-0.1, -0.05) is 127 Å². The molecule has 2 aromatic heterocycles. The van der Waals surface area contributed by atoms with Crippen molar-refractivity contribution in [2.45, 2.75) is 0 Å². The van der Waals surface area contributed by atoms with Crippen molar-refractivity contribution in [2.75, 3.05) is 0 Å². The Kier molecular flexibility index (Phi) is 6.20. The standard InChI is InChI=1S/C39H25N3O2/c43-35-29(31-21-12-20-30-28-19-10-11-22-33(28)44-36(30)31)23-24-32(34(35)25-13-4-1-5-14-25)39-41-37(26-15-6-2-7-16-26)40-38(42-39)27-17-8-3-9-18-27/h1-24,43H. The summed E-state index contributed by atoms with van der Waals surface area (Å²) in [7, 11) is 0. The zero-order valence-electron chi connectivity index (χ0n) is 23.6. The molecule has 44 heavy (non-hydrogen) atoms. The van der Waals surface area contributed by atoms with Crippen molar-refractivity contribution in [3.05, 3.63) is 146 Å². The van der Waals surface area contributed by atoms with Crippen LogP contribution in [0.25, 0.3) is 78.4 Å². The first-order valence-corrected chi connectivity index (χ1v) is 14.4. The number of aromatic nitrogens is 3. The second-order valence-corrected chi connectivity index (χ2v) is 10.6. The van der Waals surface area contributed by atoms with Crippen LogP contribution in [0.1, 0.15) is 0 Å². The van der Waals surface area contributed by atoms with E-state index in [1.54, 1.807) is 0 Å². The van der Waals surface area contributed by atoms with E-state index in [2.05, 4.69) is 12.1 Å². The van der Waals surface area contributed by atoms with E-state index in [1.165, 1.54) is 0 Å². The van der Waals surface area contributed by atoms with Crippen LogP contribution in [0.4, 0.5) is 0 Å². The minimum absolute atomic E-state index is 0.129. The number of para-hydroxylation sites is 2. The Balaban J connectivity index is 1.39. The molecule has 0 fully saturated rings. The van der Waals surface area contributed by atoms with Crippen molar-refractivity contribution in [1.82, 2.24) is 15.0 Å². The van der Waals surface area contributed by atoms with E-state index in [0.717, 1.165) is 44.2 Å². The van der Waals surface area contributed by atoms with E-state index >= 15 is 0 Å². The Hall–Kier alpha value is -6.07. The lowest BCUT2D eigenvalue weighted by Gasteiger charge is -2.16. The van der Waals surface area contributed by atoms with Gasteiger partial charge in [0.15, 0.2) is 17.5 Å². The third kappa shape index (κ3) is 4.39. The van der Waals surface area contributed by atoms with Crippen LogP contribution in [0, 0.1) is 0 Å². The van der Waals surface area contributed by atoms with Crippen LogP contribution in [0.15, 0.2) is 150 Å². The fourth-order valence-corrected chi connectivity index (χ4v) is 5.78. The van der Waals surface area contributed by atoms with Gasteiger partial charge in [-0.2, -0.15) is 0 Å². The molecule has 0 amide bonds. The van der Waals surface area contributed by atoms with Gasteiger partial charge in [0.2, 0.25) is 0 Å². The number of aromatic hydroxyl groups is 1. The second-order valence-electron chi connectivity index (χ2n) is 10.6. The van der Waals surface area contributed by atoms with Crippen LogP contribution in [0.2, 0.25) is 0 Å². The van der Waals surface area contributed by atoms with E-state index in [4.69, 9.17) is 19.4 Å². The number of rotatable bonds is 5. The first-order valence-electron chi connectivity index (χ1n) is 14.4. The summed E-state index contributed by atoms with van der Waals surface area (Å²) in [6.45, 7) is 0. The van der Waals surface area contributed by atoms with Gasteiger partial charge in [-0.05, 0) is 23.8 Å². The van der Waals surface area contributed by atoms with Crippen LogP contribution in [-0.2, 0) is 0 Å². The van der Waals surface area contributed by atoms with Crippen molar-refractivity contribution in [3.8, 4) is 62.2 Å². The van der Waals surface area contributed by atoms with Gasteiger partial charge < -0.3 is 9.52 Å². The molecule has 8 aromatic rings. The first kappa shape index (κ1) is 25.6. The Labute approximate surface area is 253 Å². The van der Waals surface area contributed by atoms with Gasteiger partial charge in [0.25, 0.3) is 0 Å². The maximum atomic E-state index is 12.1. The molecule has 0 saturated carbocycles. The van der Waals surface area contributed by atoms with Gasteiger partial charge in [0.1, 0.15) is 16.9 Å². The number of hydrogen-bond acceptors (Lipinski definition) is 5. The summed E-state index contributed by atoms with van der Waals surface area (Å²) in [4.78, 5) is 14.8. The van der Waals surface area contributed by atoms with Crippen LogP contribution >= 0.6 is 0 Å². The molecule has 0 atom stereocenters. The van der Waals surface area contributed by atoms with E-state index in [1.807, 2.05) is 133 Å². The Morgan fingerprint density at radius 3 is 1.59 bits per heavy atom. The Morgan fingerprint density at radius 2 is 0.932 bits per heavy atom. The maximum Gasteiger partial charge on any atom is 0.164 e. The molecule has 0 aliphatic carbocycles. The lowest BCUT2D eigenvalue weighted by Crippen LogP contribution is -2.01. The van der Waals surface area contributed by atoms with Gasteiger partial charge in [0, 0.05) is 44.2 Å². The summed E-state index contributed by atoms with van der Waals surface area (Å²) in [5, 5.41) is 14.2. The lowest BCUT2D eigenvalue weighted by atomic mass is 9.92. The van der Waals surface area contributed by atoms with Crippen molar-refractivity contribution >= 4 is 21.9 Å². The largest absolute Gasteiger partial charge is 0.507 e. The SMILES string of the molecule is Oc1c(-c2cccc3c2oc2ccccc23)ccc(-c2nc(-c3ccccc3)nc(-c3ccccc3)n2)c1-c1ccccc1. The molecule has 8 rings (SSSR count). The van der Waals surface area contributed by atoms with Crippen molar-refractivity contribution in [1.29, 1.82) is 0 Å². The van der Waals surface area contributed by atoms with Gasteiger partial charge in [-0.25, -0.2) is 15.0 Å². The molecule has 1 N–H and O–H groups in total. The highest BCUT2D eigenvalue weighted by Gasteiger charge is 2.22. The summed E-state index contributed by atoms with van der Waals surface area (Å²) in [6, 6.07) is 47.5. The normalized spacial score (nSPS) is 11.3. The number of fused-ring (bicyclic) bond motifs is 3. The van der Waals surface area contributed by atoms with Crippen LogP contribution < -0.4 is 0 Å². The van der Waals surface area contributed by atoms with Crippen LogP contribution in [0.5, 0.6) is 5.75 Å².